The van der Waals surface area contributed by atoms with Gasteiger partial charge < -0.3 is 23.1 Å². The predicted molar refractivity (Wildman–Crippen MR) is 268 cm³/mol. The van der Waals surface area contributed by atoms with Crippen LogP contribution in [0.4, 0.5) is 34.1 Å². The van der Waals surface area contributed by atoms with Gasteiger partial charge in [-0.3, -0.25) is 0 Å². The predicted octanol–water partition coefficient (Wildman–Crippen LogP) is 16.4. The minimum absolute atomic E-state index is 0.593. The molecule has 9 aromatic carbocycles. The van der Waals surface area contributed by atoms with Gasteiger partial charge in [0.15, 0.2) is 17.6 Å². The molecule has 4 heterocycles. The van der Waals surface area contributed by atoms with Crippen molar-refractivity contribution in [2.24, 2.45) is 0 Å². The molecular formula is C57H35N5O3S. The molecule has 0 atom stereocenters. The van der Waals surface area contributed by atoms with Crippen molar-refractivity contribution in [1.82, 2.24) is 15.0 Å². The van der Waals surface area contributed by atoms with Crippen molar-refractivity contribution in [2.75, 3.05) is 9.80 Å². The molecule has 0 unspecified atom stereocenters. The summed E-state index contributed by atoms with van der Waals surface area (Å²) in [6, 6.07) is 71.0. The van der Waals surface area contributed by atoms with Gasteiger partial charge in [-0.2, -0.15) is 0 Å². The van der Waals surface area contributed by atoms with Crippen LogP contribution in [0, 0.1) is 0 Å². The van der Waals surface area contributed by atoms with Crippen LogP contribution in [0.1, 0.15) is 0 Å². The number of furan rings is 1. The Morgan fingerprint density at radius 1 is 0.394 bits per heavy atom. The standard InChI is InChI=1S/C57H35N5O3S/c1-2-9-39(10-3-1)61(41-25-19-37(20-26-41)56-59-48-12-4-6-14-51(48)65-56)44-29-31-46-47-33-43(30-32-50(47)64-53(46)34-44)62(40-23-17-36(18-24-40)45-11-8-15-52-55(45)58-35-63-52)42-27-21-38(22-28-42)57-60-49-13-5-7-16-54(49)66-57/h1-35H. The van der Waals surface area contributed by atoms with E-state index >= 15 is 0 Å². The fourth-order valence-electron chi connectivity index (χ4n) is 8.91. The third kappa shape index (κ3) is 6.56. The number of anilines is 6. The van der Waals surface area contributed by atoms with E-state index in [-0.39, 0.29) is 0 Å². The molecule has 9 heteroatoms. The zero-order valence-corrected chi connectivity index (χ0v) is 35.9. The number of hydrogen-bond donors (Lipinski definition) is 0. The lowest BCUT2D eigenvalue weighted by Gasteiger charge is -2.26. The van der Waals surface area contributed by atoms with Crippen molar-refractivity contribution < 1.29 is 13.3 Å². The lowest BCUT2D eigenvalue weighted by molar-refractivity contribution is 0.602. The fraction of sp³-hybridized carbons (Fsp3) is 0. The molecule has 0 fully saturated rings. The van der Waals surface area contributed by atoms with E-state index in [0.717, 1.165) is 111 Å². The van der Waals surface area contributed by atoms with Gasteiger partial charge >= 0.3 is 0 Å². The Balaban J connectivity index is 0.883. The van der Waals surface area contributed by atoms with Crippen LogP contribution in [0.5, 0.6) is 0 Å². The first-order valence-corrected chi connectivity index (χ1v) is 22.4. The molecule has 0 aliphatic rings. The minimum atomic E-state index is 0.593. The Bertz CT molecular complexity index is 3830. The van der Waals surface area contributed by atoms with E-state index in [0.29, 0.717) is 5.89 Å². The van der Waals surface area contributed by atoms with Crippen molar-refractivity contribution in [3.05, 3.63) is 213 Å². The van der Waals surface area contributed by atoms with Crippen LogP contribution in [0.3, 0.4) is 0 Å². The topological polar surface area (TPSA) is 84.6 Å². The molecule has 0 N–H and O–H groups in total. The molecule has 0 aliphatic carbocycles. The van der Waals surface area contributed by atoms with Gasteiger partial charge in [-0.05, 0) is 139 Å². The van der Waals surface area contributed by atoms with Crippen molar-refractivity contribution in [3.63, 3.8) is 0 Å². The van der Waals surface area contributed by atoms with Gasteiger partial charge in [0.25, 0.3) is 0 Å². The highest BCUT2D eigenvalue weighted by molar-refractivity contribution is 7.21. The maximum atomic E-state index is 6.66. The summed E-state index contributed by atoms with van der Waals surface area (Å²) in [4.78, 5) is 18.7. The number of rotatable bonds is 9. The largest absolute Gasteiger partial charge is 0.456 e. The summed E-state index contributed by atoms with van der Waals surface area (Å²) >= 11 is 1.71. The molecule has 66 heavy (non-hydrogen) atoms. The van der Waals surface area contributed by atoms with E-state index in [1.165, 1.54) is 11.1 Å². The van der Waals surface area contributed by atoms with Crippen LogP contribution in [-0.2, 0) is 0 Å². The second-order valence-corrected chi connectivity index (χ2v) is 17.1. The molecule has 13 aromatic rings. The molecule has 312 valence electrons. The highest BCUT2D eigenvalue weighted by Crippen LogP contribution is 2.43. The summed E-state index contributed by atoms with van der Waals surface area (Å²) < 4.78 is 19.5. The molecule has 4 aromatic heterocycles. The maximum absolute atomic E-state index is 6.66. The van der Waals surface area contributed by atoms with E-state index in [4.69, 9.17) is 23.2 Å². The van der Waals surface area contributed by atoms with Crippen LogP contribution in [0.2, 0.25) is 0 Å². The summed E-state index contributed by atoms with van der Waals surface area (Å²) in [5, 5.41) is 3.04. The lowest BCUT2D eigenvalue weighted by atomic mass is 10.0. The van der Waals surface area contributed by atoms with Crippen molar-refractivity contribution in [3.8, 4) is 33.2 Å². The average Bonchev–Trinajstić information content (AvgIpc) is 4.20. The second kappa shape index (κ2) is 15.5. The van der Waals surface area contributed by atoms with E-state index in [1.54, 1.807) is 11.3 Å². The molecule has 0 bridgehead atoms. The smallest absolute Gasteiger partial charge is 0.227 e. The third-order valence-corrected chi connectivity index (χ3v) is 13.2. The molecule has 0 amide bonds. The Labute approximate surface area is 381 Å². The minimum Gasteiger partial charge on any atom is -0.456 e. The Hall–Kier alpha value is -8.79. The van der Waals surface area contributed by atoms with E-state index < -0.39 is 0 Å². The monoisotopic (exact) mass is 869 g/mol. The molecular weight excluding hydrogens is 835 g/mol. The first-order valence-electron chi connectivity index (χ1n) is 21.6. The quantitative estimate of drug-likeness (QED) is 0.142. The number of para-hydroxylation sites is 5. The number of benzene rings is 9. The van der Waals surface area contributed by atoms with E-state index in [2.05, 4.69) is 173 Å². The van der Waals surface area contributed by atoms with Crippen molar-refractivity contribution >= 4 is 99.8 Å². The summed E-state index contributed by atoms with van der Waals surface area (Å²) in [6.45, 7) is 0. The van der Waals surface area contributed by atoms with Gasteiger partial charge in [0.2, 0.25) is 5.89 Å². The van der Waals surface area contributed by atoms with Crippen molar-refractivity contribution in [2.45, 2.75) is 0 Å². The Morgan fingerprint density at radius 3 is 1.77 bits per heavy atom. The van der Waals surface area contributed by atoms with Crippen LogP contribution in [-0.4, -0.2) is 15.0 Å². The summed E-state index contributed by atoms with van der Waals surface area (Å²) in [5.74, 6) is 0.593. The second-order valence-electron chi connectivity index (χ2n) is 16.1. The highest BCUT2D eigenvalue weighted by atomic mass is 32.1. The summed E-state index contributed by atoms with van der Waals surface area (Å²) in [7, 11) is 0. The third-order valence-electron chi connectivity index (χ3n) is 12.1. The van der Waals surface area contributed by atoms with Gasteiger partial charge in [-0.15, -0.1) is 11.3 Å². The highest BCUT2D eigenvalue weighted by Gasteiger charge is 2.20. The van der Waals surface area contributed by atoms with Gasteiger partial charge in [-0.25, -0.2) is 15.0 Å². The summed E-state index contributed by atoms with van der Waals surface area (Å²) in [5.41, 5.74) is 15.9. The maximum Gasteiger partial charge on any atom is 0.227 e. The SMILES string of the molecule is c1ccc(N(c2ccc(-c3nc4ccccc4o3)cc2)c2ccc3c(c2)oc2ccc(N(c4ccc(-c5nc6ccccc6s5)cc4)c4ccc(-c5cccc6ocnc56)cc4)cc23)cc1. The Morgan fingerprint density at radius 2 is 1.02 bits per heavy atom. The molecule has 0 spiro atoms. The van der Waals surface area contributed by atoms with Crippen molar-refractivity contribution in [1.29, 1.82) is 0 Å². The first kappa shape index (κ1) is 37.7. The molecule has 0 saturated carbocycles. The van der Waals surface area contributed by atoms with Crippen LogP contribution < -0.4 is 9.80 Å². The molecule has 13 rings (SSSR count). The van der Waals surface area contributed by atoms with E-state index in [1.807, 2.05) is 48.5 Å². The van der Waals surface area contributed by atoms with E-state index in [9.17, 15) is 0 Å². The number of oxazole rings is 2. The van der Waals surface area contributed by atoms with Gasteiger partial charge in [-0.1, -0.05) is 66.7 Å². The molecule has 0 saturated heterocycles. The first-order chi connectivity index (χ1) is 32.7. The lowest BCUT2D eigenvalue weighted by Crippen LogP contribution is -2.09. The number of hydrogen-bond acceptors (Lipinski definition) is 9. The molecule has 0 radical (unpaired) electrons. The normalized spacial score (nSPS) is 11.6. The number of nitrogens with zero attached hydrogens (tertiary/aromatic N) is 5. The zero-order valence-electron chi connectivity index (χ0n) is 35.1. The Kier molecular flexibility index (Phi) is 8.85. The number of thiazole rings is 1. The van der Waals surface area contributed by atoms with Gasteiger partial charge in [0.1, 0.15) is 27.2 Å². The van der Waals surface area contributed by atoms with Crippen LogP contribution >= 0.6 is 11.3 Å². The van der Waals surface area contributed by atoms with Gasteiger partial charge in [0.05, 0.1) is 10.2 Å². The fourth-order valence-corrected chi connectivity index (χ4v) is 9.88. The average molecular weight is 870 g/mol. The van der Waals surface area contributed by atoms with Crippen LogP contribution in [0.25, 0.3) is 87.5 Å². The zero-order chi connectivity index (χ0) is 43.6. The van der Waals surface area contributed by atoms with Gasteiger partial charge in [0, 0.05) is 67.7 Å². The number of fused-ring (bicyclic) bond motifs is 6. The van der Waals surface area contributed by atoms with Crippen LogP contribution in [0.15, 0.2) is 226 Å². The number of aromatic nitrogens is 3. The summed E-state index contributed by atoms with van der Waals surface area (Å²) in [6.07, 6.45) is 1.50. The molecule has 0 aliphatic heterocycles. The molecule has 8 nitrogen and oxygen atoms in total.